The third-order valence-electron chi connectivity index (χ3n) is 2.75. The monoisotopic (exact) mass is 337 g/mol. The molecular formula is C15H16IN. The fourth-order valence-electron chi connectivity index (χ4n) is 1.71. The Kier molecular flexibility index (Phi) is 4.42. The number of nitrogens with one attached hydrogen (secondary N) is 1. The molecule has 0 heterocycles. The molecule has 17 heavy (non-hydrogen) atoms. The second-order valence-corrected chi connectivity index (χ2v) is 5.28. The van der Waals surface area contributed by atoms with Gasteiger partial charge in [-0.25, -0.2) is 0 Å². The molecule has 0 amide bonds. The number of aryl methyl sites for hydroxylation is 1. The van der Waals surface area contributed by atoms with E-state index >= 15 is 0 Å². The SMILES string of the molecule is CCc1cccc(NCc2ccc(I)cc2)c1. The quantitative estimate of drug-likeness (QED) is 0.812. The van der Waals surface area contributed by atoms with Gasteiger partial charge in [-0.05, 0) is 64.4 Å². The van der Waals surface area contributed by atoms with Gasteiger partial charge in [-0.1, -0.05) is 31.2 Å². The summed E-state index contributed by atoms with van der Waals surface area (Å²) in [5.41, 5.74) is 3.88. The lowest BCUT2D eigenvalue weighted by Crippen LogP contribution is -1.99. The molecule has 1 nitrogen and oxygen atoms in total. The van der Waals surface area contributed by atoms with Gasteiger partial charge in [0.15, 0.2) is 0 Å². The molecule has 0 unspecified atom stereocenters. The smallest absolute Gasteiger partial charge is 0.0400 e. The van der Waals surface area contributed by atoms with Crippen molar-refractivity contribution in [3.63, 3.8) is 0 Å². The van der Waals surface area contributed by atoms with Crippen LogP contribution in [0, 0.1) is 3.57 Å². The summed E-state index contributed by atoms with van der Waals surface area (Å²) in [5, 5.41) is 3.45. The summed E-state index contributed by atoms with van der Waals surface area (Å²) in [5.74, 6) is 0. The predicted molar refractivity (Wildman–Crippen MR) is 82.3 cm³/mol. The van der Waals surface area contributed by atoms with Crippen LogP contribution < -0.4 is 5.32 Å². The normalized spacial score (nSPS) is 10.2. The van der Waals surface area contributed by atoms with E-state index in [1.165, 1.54) is 20.4 Å². The van der Waals surface area contributed by atoms with Crippen LogP contribution in [-0.4, -0.2) is 0 Å². The van der Waals surface area contributed by atoms with Crippen molar-refractivity contribution in [2.24, 2.45) is 0 Å². The molecule has 0 aliphatic carbocycles. The van der Waals surface area contributed by atoms with E-state index in [4.69, 9.17) is 0 Å². The zero-order valence-electron chi connectivity index (χ0n) is 9.91. The molecule has 0 aromatic heterocycles. The number of hydrogen-bond acceptors (Lipinski definition) is 1. The van der Waals surface area contributed by atoms with Crippen LogP contribution in [0.4, 0.5) is 5.69 Å². The van der Waals surface area contributed by atoms with E-state index in [2.05, 4.69) is 83.4 Å². The Morgan fingerprint density at radius 1 is 1.00 bits per heavy atom. The average Bonchev–Trinajstić information content (AvgIpc) is 2.38. The van der Waals surface area contributed by atoms with Gasteiger partial charge in [-0.15, -0.1) is 0 Å². The predicted octanol–water partition coefficient (Wildman–Crippen LogP) is 4.47. The molecule has 1 N–H and O–H groups in total. The highest BCUT2D eigenvalue weighted by atomic mass is 127. The van der Waals surface area contributed by atoms with Crippen molar-refractivity contribution < 1.29 is 0 Å². The molecule has 0 aliphatic rings. The molecule has 2 aromatic rings. The van der Waals surface area contributed by atoms with Gasteiger partial charge in [0.05, 0.1) is 0 Å². The molecule has 0 saturated carbocycles. The Hall–Kier alpha value is -1.03. The molecular weight excluding hydrogens is 321 g/mol. The van der Waals surface area contributed by atoms with E-state index < -0.39 is 0 Å². The van der Waals surface area contributed by atoms with E-state index in [-0.39, 0.29) is 0 Å². The Balaban J connectivity index is 1.99. The zero-order chi connectivity index (χ0) is 12.1. The Morgan fingerprint density at radius 3 is 2.47 bits per heavy atom. The highest BCUT2D eigenvalue weighted by Crippen LogP contribution is 2.13. The highest BCUT2D eigenvalue weighted by Gasteiger charge is 1.95. The second-order valence-electron chi connectivity index (χ2n) is 4.03. The van der Waals surface area contributed by atoms with Crippen LogP contribution >= 0.6 is 22.6 Å². The summed E-state index contributed by atoms with van der Waals surface area (Å²) >= 11 is 2.33. The Morgan fingerprint density at radius 2 is 1.76 bits per heavy atom. The van der Waals surface area contributed by atoms with Gasteiger partial charge in [-0.3, -0.25) is 0 Å². The maximum absolute atomic E-state index is 3.45. The van der Waals surface area contributed by atoms with Crippen LogP contribution in [0.3, 0.4) is 0 Å². The van der Waals surface area contributed by atoms with Crippen molar-refractivity contribution in [2.75, 3.05) is 5.32 Å². The van der Waals surface area contributed by atoms with Gasteiger partial charge < -0.3 is 5.32 Å². The largest absolute Gasteiger partial charge is 0.381 e. The van der Waals surface area contributed by atoms with Gasteiger partial charge in [0.25, 0.3) is 0 Å². The van der Waals surface area contributed by atoms with Crippen molar-refractivity contribution in [3.8, 4) is 0 Å². The Labute approximate surface area is 116 Å². The summed E-state index contributed by atoms with van der Waals surface area (Å²) in [6.07, 6.45) is 1.08. The fourth-order valence-corrected chi connectivity index (χ4v) is 2.07. The molecule has 0 saturated heterocycles. The molecule has 0 spiro atoms. The van der Waals surface area contributed by atoms with Gasteiger partial charge in [0.2, 0.25) is 0 Å². The summed E-state index contributed by atoms with van der Waals surface area (Å²) in [4.78, 5) is 0. The maximum atomic E-state index is 3.45. The molecule has 0 aliphatic heterocycles. The first-order valence-electron chi connectivity index (χ1n) is 5.85. The standard InChI is InChI=1S/C15H16IN/c1-2-12-4-3-5-15(10-12)17-11-13-6-8-14(16)9-7-13/h3-10,17H,2,11H2,1H3. The van der Waals surface area contributed by atoms with Crippen LogP contribution in [0.5, 0.6) is 0 Å². The van der Waals surface area contributed by atoms with Gasteiger partial charge in [0.1, 0.15) is 0 Å². The van der Waals surface area contributed by atoms with Crippen LogP contribution in [0.1, 0.15) is 18.1 Å². The molecule has 2 heteroatoms. The molecule has 0 atom stereocenters. The fraction of sp³-hybridized carbons (Fsp3) is 0.200. The van der Waals surface area contributed by atoms with Crippen molar-refractivity contribution in [2.45, 2.75) is 19.9 Å². The summed E-state index contributed by atoms with van der Waals surface area (Å²) < 4.78 is 1.28. The summed E-state index contributed by atoms with van der Waals surface area (Å²) in [6.45, 7) is 3.06. The first-order valence-corrected chi connectivity index (χ1v) is 6.93. The molecule has 88 valence electrons. The second kappa shape index (κ2) is 6.05. The molecule has 2 rings (SSSR count). The van der Waals surface area contributed by atoms with Crippen LogP contribution in [-0.2, 0) is 13.0 Å². The number of hydrogen-bond donors (Lipinski definition) is 1. The number of halogens is 1. The lowest BCUT2D eigenvalue weighted by molar-refractivity contribution is 1.12. The molecule has 0 bridgehead atoms. The van der Waals surface area contributed by atoms with Crippen LogP contribution in [0.2, 0.25) is 0 Å². The first-order chi connectivity index (χ1) is 8.28. The van der Waals surface area contributed by atoms with Crippen LogP contribution in [0.25, 0.3) is 0 Å². The third-order valence-corrected chi connectivity index (χ3v) is 3.46. The van der Waals surface area contributed by atoms with Gasteiger partial charge in [-0.2, -0.15) is 0 Å². The summed E-state index contributed by atoms with van der Waals surface area (Å²) in [6, 6.07) is 17.2. The minimum Gasteiger partial charge on any atom is -0.381 e. The molecule has 0 fully saturated rings. The van der Waals surface area contributed by atoms with E-state index in [1.54, 1.807) is 0 Å². The topological polar surface area (TPSA) is 12.0 Å². The lowest BCUT2D eigenvalue weighted by atomic mass is 10.1. The van der Waals surface area contributed by atoms with E-state index in [9.17, 15) is 0 Å². The Bertz CT molecular complexity index is 477. The van der Waals surface area contributed by atoms with E-state index in [1.807, 2.05) is 0 Å². The van der Waals surface area contributed by atoms with E-state index in [0.29, 0.717) is 0 Å². The van der Waals surface area contributed by atoms with Crippen molar-refractivity contribution in [1.82, 2.24) is 0 Å². The molecule has 2 aromatic carbocycles. The zero-order valence-corrected chi connectivity index (χ0v) is 12.1. The van der Waals surface area contributed by atoms with E-state index in [0.717, 1.165) is 13.0 Å². The molecule has 0 radical (unpaired) electrons. The highest BCUT2D eigenvalue weighted by molar-refractivity contribution is 14.1. The minimum absolute atomic E-state index is 0.879. The summed E-state index contributed by atoms with van der Waals surface area (Å²) in [7, 11) is 0. The van der Waals surface area contributed by atoms with Crippen LogP contribution in [0.15, 0.2) is 48.5 Å². The van der Waals surface area contributed by atoms with Gasteiger partial charge >= 0.3 is 0 Å². The number of benzene rings is 2. The average molecular weight is 337 g/mol. The number of rotatable bonds is 4. The van der Waals surface area contributed by atoms with Crippen molar-refractivity contribution in [3.05, 3.63) is 63.2 Å². The lowest BCUT2D eigenvalue weighted by Gasteiger charge is -2.08. The number of anilines is 1. The third kappa shape index (κ3) is 3.73. The van der Waals surface area contributed by atoms with Crippen molar-refractivity contribution in [1.29, 1.82) is 0 Å². The van der Waals surface area contributed by atoms with Gasteiger partial charge in [0, 0.05) is 15.8 Å². The minimum atomic E-state index is 0.879. The first kappa shape index (κ1) is 12.4. The maximum Gasteiger partial charge on any atom is 0.0400 e. The van der Waals surface area contributed by atoms with Crippen molar-refractivity contribution >= 4 is 28.3 Å².